The Morgan fingerprint density at radius 1 is 1.22 bits per heavy atom. The van der Waals surface area contributed by atoms with E-state index in [-0.39, 0.29) is 0 Å². The van der Waals surface area contributed by atoms with Crippen molar-refractivity contribution in [1.82, 2.24) is 39.2 Å². The molecule has 0 aromatic carbocycles. The summed E-state index contributed by atoms with van der Waals surface area (Å²) in [5.41, 5.74) is 1.69. The van der Waals surface area contributed by atoms with Crippen LogP contribution in [0.25, 0.3) is 16.7 Å². The first-order chi connectivity index (χ1) is 11.3. The second kappa shape index (κ2) is 4.97. The molecule has 2 aliphatic heterocycles. The quantitative estimate of drug-likeness (QED) is 0.678. The molecule has 120 valence electrons. The van der Waals surface area contributed by atoms with Crippen LogP contribution in [-0.4, -0.2) is 71.4 Å². The first kappa shape index (κ1) is 13.4. The van der Waals surface area contributed by atoms with E-state index in [1.165, 1.54) is 25.9 Å². The van der Waals surface area contributed by atoms with Gasteiger partial charge in [0.25, 0.3) is 0 Å². The topological polar surface area (TPSA) is 67.4 Å². The molecule has 0 saturated carbocycles. The minimum atomic E-state index is 0.729. The van der Waals surface area contributed by atoms with Crippen molar-refractivity contribution in [3.05, 3.63) is 18.3 Å². The fraction of sp³-hybridized carbons (Fsp3) is 0.600. The average molecular weight is 312 g/mol. The van der Waals surface area contributed by atoms with E-state index in [4.69, 9.17) is 4.98 Å². The number of hydrogen-bond donors (Lipinski definition) is 0. The van der Waals surface area contributed by atoms with Gasteiger partial charge in [-0.15, -0.1) is 5.10 Å². The maximum atomic E-state index is 4.74. The van der Waals surface area contributed by atoms with Crippen molar-refractivity contribution in [1.29, 1.82) is 0 Å². The van der Waals surface area contributed by atoms with Crippen molar-refractivity contribution in [2.75, 3.05) is 26.2 Å². The number of fused-ring (bicyclic) bond motifs is 4. The van der Waals surface area contributed by atoms with Gasteiger partial charge in [0.15, 0.2) is 17.1 Å². The Morgan fingerprint density at radius 2 is 2.17 bits per heavy atom. The molecule has 8 heteroatoms. The van der Waals surface area contributed by atoms with Gasteiger partial charge in [-0.1, -0.05) is 0 Å². The van der Waals surface area contributed by atoms with Crippen LogP contribution in [0.1, 0.15) is 18.7 Å². The fourth-order valence-corrected chi connectivity index (χ4v) is 3.95. The molecule has 3 aromatic rings. The summed E-state index contributed by atoms with van der Waals surface area (Å²) < 4.78 is 3.54. The molecule has 0 radical (unpaired) electrons. The van der Waals surface area contributed by atoms with Crippen molar-refractivity contribution in [2.24, 2.45) is 7.05 Å². The molecule has 2 aliphatic rings. The third-order valence-corrected chi connectivity index (χ3v) is 5.15. The van der Waals surface area contributed by atoms with Gasteiger partial charge in [0.2, 0.25) is 0 Å². The molecule has 2 fully saturated rings. The highest BCUT2D eigenvalue weighted by Gasteiger charge is 2.30. The lowest BCUT2D eigenvalue weighted by atomic mass is 10.1. The largest absolute Gasteiger partial charge is 0.298 e. The van der Waals surface area contributed by atoms with Gasteiger partial charge in [0, 0.05) is 32.7 Å². The van der Waals surface area contributed by atoms with Gasteiger partial charge in [-0.25, -0.2) is 14.5 Å². The van der Waals surface area contributed by atoms with E-state index >= 15 is 0 Å². The second-order valence-corrected chi connectivity index (χ2v) is 6.61. The zero-order chi connectivity index (χ0) is 15.4. The van der Waals surface area contributed by atoms with Gasteiger partial charge in [0.05, 0.1) is 18.1 Å². The minimum Gasteiger partial charge on any atom is -0.298 e. The summed E-state index contributed by atoms with van der Waals surface area (Å²) in [6, 6.07) is 0.729. The van der Waals surface area contributed by atoms with E-state index in [1.54, 1.807) is 15.5 Å². The molecule has 0 N–H and O–H groups in total. The third kappa shape index (κ3) is 2.13. The maximum Gasteiger partial charge on any atom is 0.170 e. The number of aryl methyl sites for hydroxylation is 1. The number of hydrogen-bond acceptors (Lipinski definition) is 6. The summed E-state index contributed by atoms with van der Waals surface area (Å²) in [4.78, 5) is 14.3. The molecule has 23 heavy (non-hydrogen) atoms. The van der Waals surface area contributed by atoms with E-state index in [0.717, 1.165) is 48.2 Å². The Balaban J connectivity index is 1.43. The molecular weight excluding hydrogens is 292 g/mol. The molecule has 0 bridgehead atoms. The summed E-state index contributed by atoms with van der Waals surface area (Å²) in [5.74, 6) is 0.870. The summed E-state index contributed by atoms with van der Waals surface area (Å²) in [7, 11) is 1.89. The Labute approximate surface area is 133 Å². The highest BCUT2D eigenvalue weighted by atomic mass is 15.4. The van der Waals surface area contributed by atoms with Gasteiger partial charge in [-0.05, 0) is 19.4 Å². The Kier molecular flexibility index (Phi) is 2.89. The molecule has 5 heterocycles. The zero-order valence-corrected chi connectivity index (χ0v) is 13.3. The molecule has 1 unspecified atom stereocenters. The predicted octanol–water partition coefficient (Wildman–Crippen LogP) is 0.291. The highest BCUT2D eigenvalue weighted by molar-refractivity contribution is 5.88. The van der Waals surface area contributed by atoms with Crippen molar-refractivity contribution >= 4 is 16.7 Å². The molecular formula is C15H20N8. The number of rotatable bonds is 2. The Bertz CT molecular complexity index is 865. The van der Waals surface area contributed by atoms with Crippen molar-refractivity contribution in [3.8, 4) is 0 Å². The summed E-state index contributed by atoms with van der Waals surface area (Å²) in [6.45, 7) is 5.50. The standard InChI is InChI=1S/C15H20N8/c1-20-14-12(7-17-20)15-18-13(19-23(15)10-16-14)9-21-5-6-22-4-2-3-11(22)8-21/h7,10-11H,2-6,8-9H2,1H3. The number of nitrogens with zero attached hydrogens (tertiary/aromatic N) is 8. The average Bonchev–Trinajstić information content (AvgIpc) is 3.24. The van der Waals surface area contributed by atoms with Gasteiger partial charge < -0.3 is 0 Å². The summed E-state index contributed by atoms with van der Waals surface area (Å²) in [6.07, 6.45) is 6.21. The van der Waals surface area contributed by atoms with Crippen molar-refractivity contribution < 1.29 is 0 Å². The van der Waals surface area contributed by atoms with Gasteiger partial charge in [0.1, 0.15) is 6.33 Å². The fourth-order valence-electron chi connectivity index (χ4n) is 3.95. The molecule has 1 atom stereocenters. The lowest BCUT2D eigenvalue weighted by Crippen LogP contribution is -2.49. The molecule has 2 saturated heterocycles. The Hall–Kier alpha value is -2.06. The first-order valence-corrected chi connectivity index (χ1v) is 8.26. The van der Waals surface area contributed by atoms with Crippen LogP contribution < -0.4 is 0 Å². The molecule has 3 aromatic heterocycles. The predicted molar refractivity (Wildman–Crippen MR) is 84.9 cm³/mol. The van der Waals surface area contributed by atoms with E-state index in [1.807, 2.05) is 13.2 Å². The molecule has 0 spiro atoms. The summed E-state index contributed by atoms with van der Waals surface area (Å²) >= 11 is 0. The van der Waals surface area contributed by atoms with Crippen molar-refractivity contribution in [2.45, 2.75) is 25.4 Å². The smallest absolute Gasteiger partial charge is 0.170 e. The van der Waals surface area contributed by atoms with Crippen LogP contribution in [0.2, 0.25) is 0 Å². The molecule has 0 amide bonds. The SMILES string of the molecule is Cn1ncc2c1ncn1nc(CN3CCN4CCCC4C3)nc21. The van der Waals surface area contributed by atoms with Gasteiger partial charge in [-0.3, -0.25) is 14.5 Å². The lowest BCUT2D eigenvalue weighted by molar-refractivity contribution is 0.0975. The van der Waals surface area contributed by atoms with E-state index in [2.05, 4.69) is 25.0 Å². The van der Waals surface area contributed by atoms with Crippen LogP contribution in [0.5, 0.6) is 0 Å². The van der Waals surface area contributed by atoms with Gasteiger partial charge >= 0.3 is 0 Å². The highest BCUT2D eigenvalue weighted by Crippen LogP contribution is 2.22. The maximum absolute atomic E-state index is 4.74. The molecule has 8 nitrogen and oxygen atoms in total. The van der Waals surface area contributed by atoms with Crippen LogP contribution >= 0.6 is 0 Å². The van der Waals surface area contributed by atoms with E-state index in [0.29, 0.717) is 0 Å². The number of piperazine rings is 1. The van der Waals surface area contributed by atoms with Crippen LogP contribution in [0, 0.1) is 0 Å². The van der Waals surface area contributed by atoms with Gasteiger partial charge in [-0.2, -0.15) is 5.10 Å². The third-order valence-electron chi connectivity index (χ3n) is 5.15. The van der Waals surface area contributed by atoms with Crippen molar-refractivity contribution in [3.63, 3.8) is 0 Å². The second-order valence-electron chi connectivity index (χ2n) is 6.61. The van der Waals surface area contributed by atoms with E-state index < -0.39 is 0 Å². The van der Waals surface area contributed by atoms with Crippen LogP contribution in [0.3, 0.4) is 0 Å². The lowest BCUT2D eigenvalue weighted by Gasteiger charge is -2.36. The molecule has 0 aliphatic carbocycles. The van der Waals surface area contributed by atoms with E-state index in [9.17, 15) is 0 Å². The zero-order valence-electron chi connectivity index (χ0n) is 13.3. The van der Waals surface area contributed by atoms with Crippen LogP contribution in [0.4, 0.5) is 0 Å². The minimum absolute atomic E-state index is 0.729. The van der Waals surface area contributed by atoms with Crippen LogP contribution in [-0.2, 0) is 13.6 Å². The number of aromatic nitrogens is 6. The first-order valence-electron chi connectivity index (χ1n) is 8.26. The van der Waals surface area contributed by atoms with Crippen LogP contribution in [0.15, 0.2) is 12.5 Å². The monoisotopic (exact) mass is 312 g/mol. The molecule has 5 rings (SSSR count). The summed E-state index contributed by atoms with van der Waals surface area (Å²) in [5, 5.41) is 9.82. The normalized spacial score (nSPS) is 23.1. The Morgan fingerprint density at radius 3 is 3.13 bits per heavy atom.